The molecule has 124 valence electrons. The van der Waals surface area contributed by atoms with Crippen LogP contribution in [0.5, 0.6) is 11.5 Å². The number of benzene rings is 1. The van der Waals surface area contributed by atoms with Crippen molar-refractivity contribution in [1.29, 1.82) is 0 Å². The van der Waals surface area contributed by atoms with E-state index in [4.69, 9.17) is 9.47 Å². The minimum absolute atomic E-state index is 0.0550. The molecule has 0 saturated carbocycles. The lowest BCUT2D eigenvalue weighted by molar-refractivity contribution is -0.129. The summed E-state index contributed by atoms with van der Waals surface area (Å²) in [5, 5.41) is 0. The smallest absolute Gasteiger partial charge is 0.350 e. The topological polar surface area (TPSA) is 117 Å². The number of carbonyl (C=O) groups is 1. The third-order valence-electron chi connectivity index (χ3n) is 4.12. The number of H-pyrrole nitrogens is 2. The first-order valence-corrected chi connectivity index (χ1v) is 7.49. The third-order valence-corrected chi connectivity index (χ3v) is 4.12. The van der Waals surface area contributed by atoms with Gasteiger partial charge in [-0.1, -0.05) is 6.07 Å². The second-order valence-corrected chi connectivity index (χ2v) is 5.65. The van der Waals surface area contributed by atoms with Crippen LogP contribution < -0.4 is 20.9 Å². The fourth-order valence-corrected chi connectivity index (χ4v) is 3.02. The maximum Gasteiger partial charge on any atom is 0.350 e. The van der Waals surface area contributed by atoms with Crippen LogP contribution in [0.15, 0.2) is 27.8 Å². The van der Waals surface area contributed by atoms with Crippen molar-refractivity contribution in [3.63, 3.8) is 0 Å². The summed E-state index contributed by atoms with van der Waals surface area (Å²) in [4.78, 5) is 45.0. The molecule has 2 aliphatic rings. The molecule has 4 rings (SSSR count). The zero-order valence-electron chi connectivity index (χ0n) is 12.6. The first-order chi connectivity index (χ1) is 11.6. The van der Waals surface area contributed by atoms with Crippen molar-refractivity contribution in [3.8, 4) is 11.5 Å². The van der Waals surface area contributed by atoms with Crippen LogP contribution in [0.2, 0.25) is 0 Å². The normalized spacial score (nSPS) is 19.1. The van der Waals surface area contributed by atoms with Gasteiger partial charge in [-0.3, -0.25) is 14.8 Å². The fraction of sp³-hybridized carbons (Fsp3) is 0.333. The monoisotopic (exact) mass is 330 g/mol. The molecule has 1 aromatic carbocycles. The highest BCUT2D eigenvalue weighted by molar-refractivity contribution is 5.78. The number of fused-ring (bicyclic) bond motifs is 1. The van der Waals surface area contributed by atoms with Crippen molar-refractivity contribution in [2.24, 2.45) is 0 Å². The lowest BCUT2D eigenvalue weighted by atomic mass is 10.1. The van der Waals surface area contributed by atoms with Crippen LogP contribution >= 0.6 is 0 Å². The minimum atomic E-state index is -0.726. The summed E-state index contributed by atoms with van der Waals surface area (Å²) < 4.78 is 10.6. The molecule has 9 nitrogen and oxygen atoms in total. The van der Waals surface area contributed by atoms with Crippen LogP contribution in [0.3, 0.4) is 0 Å². The van der Waals surface area contributed by atoms with Gasteiger partial charge in [-0.2, -0.15) is 4.98 Å². The van der Waals surface area contributed by atoms with E-state index >= 15 is 0 Å². The molecule has 9 heteroatoms. The Balaban J connectivity index is 1.63. The highest BCUT2D eigenvalue weighted by atomic mass is 16.7. The van der Waals surface area contributed by atoms with Gasteiger partial charge in [0.2, 0.25) is 12.7 Å². The molecule has 1 unspecified atom stereocenters. The maximum absolute atomic E-state index is 12.2. The van der Waals surface area contributed by atoms with Gasteiger partial charge in [0.25, 0.3) is 0 Å². The molecule has 1 saturated heterocycles. The van der Waals surface area contributed by atoms with Crippen LogP contribution in [0, 0.1) is 0 Å². The molecule has 1 aromatic heterocycles. The molecule has 1 fully saturated rings. The van der Waals surface area contributed by atoms with Gasteiger partial charge < -0.3 is 14.4 Å². The van der Waals surface area contributed by atoms with Crippen LogP contribution in [0.25, 0.3) is 0 Å². The van der Waals surface area contributed by atoms with E-state index in [1.165, 1.54) is 0 Å². The molecular weight excluding hydrogens is 316 g/mol. The van der Waals surface area contributed by atoms with E-state index in [-0.39, 0.29) is 18.5 Å². The molecule has 3 heterocycles. The van der Waals surface area contributed by atoms with Gasteiger partial charge in [0.1, 0.15) is 5.82 Å². The molecule has 1 amide bonds. The summed E-state index contributed by atoms with van der Waals surface area (Å²) in [6.07, 6.45) is 0.835. The Morgan fingerprint density at radius 2 is 2.00 bits per heavy atom. The second kappa shape index (κ2) is 5.52. The third kappa shape index (κ3) is 2.53. The Bertz CT molecular complexity index is 890. The molecular formula is C15H14N4O5. The number of likely N-dealkylation sites (tertiary alicyclic amines) is 1. The summed E-state index contributed by atoms with van der Waals surface area (Å²) in [5.41, 5.74) is -0.491. The minimum Gasteiger partial charge on any atom is -0.454 e. The Morgan fingerprint density at radius 3 is 2.83 bits per heavy atom. The number of nitrogens with one attached hydrogen (secondary N) is 2. The van der Waals surface area contributed by atoms with Crippen LogP contribution in [-0.2, 0) is 11.3 Å². The predicted molar refractivity (Wildman–Crippen MR) is 80.6 cm³/mol. The number of aromatic nitrogens is 3. The molecule has 0 aliphatic carbocycles. The van der Waals surface area contributed by atoms with Gasteiger partial charge in [0, 0.05) is 13.0 Å². The fourth-order valence-electron chi connectivity index (χ4n) is 3.02. The Kier molecular flexibility index (Phi) is 3.33. The molecule has 0 spiro atoms. The van der Waals surface area contributed by atoms with Gasteiger partial charge >= 0.3 is 11.4 Å². The molecule has 2 aromatic rings. The molecule has 2 aliphatic heterocycles. The summed E-state index contributed by atoms with van der Waals surface area (Å²) >= 11 is 0. The molecule has 1 atom stereocenters. The summed E-state index contributed by atoms with van der Waals surface area (Å²) in [6, 6.07) is 5.03. The average molecular weight is 330 g/mol. The summed E-state index contributed by atoms with van der Waals surface area (Å²) in [7, 11) is 0. The maximum atomic E-state index is 12.2. The van der Waals surface area contributed by atoms with Crippen molar-refractivity contribution in [3.05, 3.63) is 50.6 Å². The number of rotatable bonds is 3. The van der Waals surface area contributed by atoms with Gasteiger partial charge in [-0.25, -0.2) is 9.59 Å². The van der Waals surface area contributed by atoms with Gasteiger partial charge in [-0.15, -0.1) is 0 Å². The highest BCUT2D eigenvalue weighted by Crippen LogP contribution is 2.35. The van der Waals surface area contributed by atoms with Gasteiger partial charge in [-0.05, 0) is 24.1 Å². The zero-order chi connectivity index (χ0) is 16.7. The number of hydrogen-bond donors (Lipinski definition) is 2. The number of aromatic amines is 2. The Morgan fingerprint density at radius 1 is 1.17 bits per heavy atom. The summed E-state index contributed by atoms with van der Waals surface area (Å²) in [6.45, 7) is 0.513. The lowest BCUT2D eigenvalue weighted by Gasteiger charge is -2.24. The van der Waals surface area contributed by atoms with E-state index in [0.717, 1.165) is 5.56 Å². The van der Waals surface area contributed by atoms with Crippen molar-refractivity contribution < 1.29 is 14.3 Å². The van der Waals surface area contributed by atoms with E-state index in [0.29, 0.717) is 30.9 Å². The second-order valence-electron chi connectivity index (χ2n) is 5.65. The largest absolute Gasteiger partial charge is 0.454 e. The van der Waals surface area contributed by atoms with E-state index in [1.54, 1.807) is 11.0 Å². The number of carbonyl (C=O) groups excluding carboxylic acids is 1. The number of ether oxygens (including phenoxy) is 2. The molecule has 0 bridgehead atoms. The highest BCUT2D eigenvalue weighted by Gasteiger charge is 2.34. The van der Waals surface area contributed by atoms with Crippen molar-refractivity contribution in [2.75, 3.05) is 6.79 Å². The first kappa shape index (κ1) is 14.5. The summed E-state index contributed by atoms with van der Waals surface area (Å²) in [5.74, 6) is 1.46. The molecule has 24 heavy (non-hydrogen) atoms. The van der Waals surface area contributed by atoms with E-state index in [9.17, 15) is 14.4 Å². The average Bonchev–Trinajstić information content (AvgIpc) is 3.13. The standard InChI is InChI=1S/C15H14N4O5/c20-12-4-2-9(13-16-14(21)18-15(22)17-13)19(12)6-8-1-3-10-11(5-8)24-7-23-10/h1,3,5,9H,2,4,6-7H2,(H2,16,17,18,21,22). The van der Waals surface area contributed by atoms with Gasteiger partial charge in [0.15, 0.2) is 11.5 Å². The zero-order valence-corrected chi connectivity index (χ0v) is 12.6. The van der Waals surface area contributed by atoms with E-state index < -0.39 is 17.4 Å². The quantitative estimate of drug-likeness (QED) is 0.821. The van der Waals surface area contributed by atoms with Crippen molar-refractivity contribution in [2.45, 2.75) is 25.4 Å². The first-order valence-electron chi connectivity index (χ1n) is 7.49. The van der Waals surface area contributed by atoms with Crippen LogP contribution in [0.1, 0.15) is 30.3 Å². The van der Waals surface area contributed by atoms with Crippen molar-refractivity contribution >= 4 is 5.91 Å². The van der Waals surface area contributed by atoms with Gasteiger partial charge in [0.05, 0.1) is 6.04 Å². The van der Waals surface area contributed by atoms with Crippen molar-refractivity contribution in [1.82, 2.24) is 19.9 Å². The van der Waals surface area contributed by atoms with E-state index in [2.05, 4.69) is 9.97 Å². The van der Waals surface area contributed by atoms with Crippen LogP contribution in [-0.4, -0.2) is 32.6 Å². The number of hydrogen-bond acceptors (Lipinski definition) is 6. The van der Waals surface area contributed by atoms with Crippen LogP contribution in [0.4, 0.5) is 0 Å². The van der Waals surface area contributed by atoms with E-state index in [1.807, 2.05) is 17.1 Å². The number of nitrogens with zero attached hydrogens (tertiary/aromatic N) is 2. The predicted octanol–water partition coefficient (Wildman–Crippen LogP) is 0.0506. The number of amides is 1. The SMILES string of the molecule is O=C1CCC(c2nc(=O)[nH]c(=O)[nH]2)N1Cc1ccc2c(c1)OCO2. The Hall–Kier alpha value is -3.10. The molecule has 0 radical (unpaired) electrons. The molecule has 2 N–H and O–H groups in total. The Labute approximate surface area is 135 Å². The lowest BCUT2D eigenvalue weighted by Crippen LogP contribution is -2.33.